The maximum Gasteiger partial charge on any atom is 0.136 e. The standard InChI is InChI=1S/C55H35NO/c1-3-17-36(18-4-1)39-21-11-15-29-52(39)56(37-19-5-2-6-20-37)38-31-32-50-45(33-38)41-23-8-7-22-40(41)42-24-9-13-27-48(42)55(50)49-28-14-10-25-43(49)46-35-54-47(34-51(46)55)44-26-12-16-30-53(44)57-54/h1-35H. The SMILES string of the molecule is c1ccc(-c2ccccc2N(c2ccccc2)c2ccc3c(c2)-c2ccccc2-c2ccccc2C32c3ccccc3-c3cc4oc5ccccc5c4cc32)cc1. The van der Waals surface area contributed by atoms with Crippen LogP contribution in [0.4, 0.5) is 17.1 Å². The quantitative estimate of drug-likeness (QED) is 0.180. The highest BCUT2D eigenvalue weighted by molar-refractivity contribution is 6.09. The Bertz CT molecular complexity index is 3190. The molecule has 0 aliphatic heterocycles. The molecule has 0 N–H and O–H groups in total. The summed E-state index contributed by atoms with van der Waals surface area (Å²) in [6, 6.07) is 77.7. The second-order valence-corrected chi connectivity index (χ2v) is 15.2. The van der Waals surface area contributed by atoms with Crippen LogP contribution in [0.5, 0.6) is 0 Å². The van der Waals surface area contributed by atoms with Gasteiger partial charge in [0.05, 0.1) is 11.1 Å². The van der Waals surface area contributed by atoms with Crippen LogP contribution in [0.25, 0.3) is 66.4 Å². The minimum Gasteiger partial charge on any atom is -0.456 e. The van der Waals surface area contributed by atoms with Crippen LogP contribution in [0.15, 0.2) is 217 Å². The maximum absolute atomic E-state index is 6.55. The molecule has 0 amide bonds. The molecule has 0 fully saturated rings. The van der Waals surface area contributed by atoms with E-state index in [-0.39, 0.29) is 0 Å². The van der Waals surface area contributed by atoms with Crippen molar-refractivity contribution in [2.75, 3.05) is 4.90 Å². The predicted octanol–water partition coefficient (Wildman–Crippen LogP) is 14.7. The van der Waals surface area contributed by atoms with E-state index < -0.39 is 5.41 Å². The number of hydrogen-bond donors (Lipinski definition) is 0. The van der Waals surface area contributed by atoms with Crippen molar-refractivity contribution in [2.45, 2.75) is 5.41 Å². The average Bonchev–Trinajstić information content (AvgIpc) is 3.76. The van der Waals surface area contributed by atoms with Crippen LogP contribution in [-0.4, -0.2) is 0 Å². The fourth-order valence-corrected chi connectivity index (χ4v) is 9.97. The summed E-state index contributed by atoms with van der Waals surface area (Å²) in [6.45, 7) is 0. The molecule has 2 aliphatic rings. The normalized spacial score (nSPS) is 14.7. The molecule has 9 aromatic carbocycles. The summed E-state index contributed by atoms with van der Waals surface area (Å²) in [5.74, 6) is 0. The zero-order valence-electron chi connectivity index (χ0n) is 31.1. The number of nitrogens with zero attached hydrogens (tertiary/aromatic N) is 1. The zero-order chi connectivity index (χ0) is 37.5. The van der Waals surface area contributed by atoms with Crippen LogP contribution >= 0.6 is 0 Å². The molecule has 12 rings (SSSR count). The Balaban J connectivity index is 1.20. The third-order valence-electron chi connectivity index (χ3n) is 12.3. The monoisotopic (exact) mass is 725 g/mol. The van der Waals surface area contributed by atoms with Crippen molar-refractivity contribution >= 4 is 39.0 Å². The average molecular weight is 726 g/mol. The van der Waals surface area contributed by atoms with Gasteiger partial charge in [0.1, 0.15) is 11.2 Å². The Morgan fingerprint density at radius 3 is 1.61 bits per heavy atom. The van der Waals surface area contributed by atoms with E-state index in [1.807, 2.05) is 0 Å². The Labute approximate surface area is 331 Å². The molecular formula is C55H35NO. The molecular weight excluding hydrogens is 691 g/mol. The first-order valence-electron chi connectivity index (χ1n) is 19.7. The highest BCUT2D eigenvalue weighted by Gasteiger charge is 2.50. The van der Waals surface area contributed by atoms with Gasteiger partial charge < -0.3 is 9.32 Å². The number of fused-ring (bicyclic) bond motifs is 15. The van der Waals surface area contributed by atoms with Gasteiger partial charge in [0.15, 0.2) is 0 Å². The lowest BCUT2D eigenvalue weighted by Crippen LogP contribution is -2.29. The molecule has 1 aromatic heterocycles. The van der Waals surface area contributed by atoms with Crippen LogP contribution in [0, 0.1) is 0 Å². The molecule has 2 aliphatic carbocycles. The largest absolute Gasteiger partial charge is 0.456 e. The van der Waals surface area contributed by atoms with Gasteiger partial charge in [-0.05, 0) is 110 Å². The summed E-state index contributed by atoms with van der Waals surface area (Å²) in [5, 5.41) is 2.28. The van der Waals surface area contributed by atoms with E-state index in [1.54, 1.807) is 0 Å². The molecule has 57 heavy (non-hydrogen) atoms. The molecule has 0 saturated carbocycles. The lowest BCUT2D eigenvalue weighted by molar-refractivity contribution is 0.668. The number of benzene rings is 9. The third kappa shape index (κ3) is 4.53. The van der Waals surface area contributed by atoms with Gasteiger partial charge >= 0.3 is 0 Å². The molecule has 2 nitrogen and oxygen atoms in total. The number of hydrogen-bond acceptors (Lipinski definition) is 2. The van der Waals surface area contributed by atoms with Crippen molar-refractivity contribution in [1.29, 1.82) is 0 Å². The number of furan rings is 1. The van der Waals surface area contributed by atoms with Crippen molar-refractivity contribution in [1.82, 2.24) is 0 Å². The van der Waals surface area contributed by atoms with E-state index in [1.165, 1.54) is 66.8 Å². The molecule has 0 saturated heterocycles. The Kier molecular flexibility index (Phi) is 6.88. The Morgan fingerprint density at radius 2 is 0.860 bits per heavy atom. The van der Waals surface area contributed by atoms with Gasteiger partial charge in [-0.1, -0.05) is 164 Å². The molecule has 2 heteroatoms. The van der Waals surface area contributed by atoms with Crippen molar-refractivity contribution in [3.05, 3.63) is 235 Å². The highest BCUT2D eigenvalue weighted by Crippen LogP contribution is 2.62. The minimum absolute atomic E-state index is 0.610. The molecule has 1 unspecified atom stereocenters. The predicted molar refractivity (Wildman–Crippen MR) is 236 cm³/mol. The van der Waals surface area contributed by atoms with Crippen LogP contribution in [0.2, 0.25) is 0 Å². The highest BCUT2D eigenvalue weighted by atomic mass is 16.3. The lowest BCUT2D eigenvalue weighted by atomic mass is 9.65. The van der Waals surface area contributed by atoms with Gasteiger partial charge in [-0.15, -0.1) is 0 Å². The van der Waals surface area contributed by atoms with Crippen LogP contribution in [-0.2, 0) is 5.41 Å². The van der Waals surface area contributed by atoms with Gasteiger partial charge in [-0.3, -0.25) is 0 Å². The summed E-state index contributed by atoms with van der Waals surface area (Å²) < 4.78 is 6.55. The fraction of sp³-hybridized carbons (Fsp3) is 0.0182. The lowest BCUT2D eigenvalue weighted by Gasteiger charge is -2.36. The molecule has 0 radical (unpaired) electrons. The van der Waals surface area contributed by atoms with E-state index in [9.17, 15) is 0 Å². The Hall–Kier alpha value is -7.42. The molecule has 1 heterocycles. The minimum atomic E-state index is -0.610. The van der Waals surface area contributed by atoms with Crippen molar-refractivity contribution in [3.8, 4) is 44.5 Å². The van der Waals surface area contributed by atoms with Crippen LogP contribution in [0.3, 0.4) is 0 Å². The summed E-state index contributed by atoms with van der Waals surface area (Å²) in [6.07, 6.45) is 0. The number of rotatable bonds is 4. The summed E-state index contributed by atoms with van der Waals surface area (Å²) in [7, 11) is 0. The van der Waals surface area contributed by atoms with E-state index in [2.05, 4.69) is 217 Å². The van der Waals surface area contributed by atoms with E-state index in [4.69, 9.17) is 4.42 Å². The first-order valence-corrected chi connectivity index (χ1v) is 19.7. The van der Waals surface area contributed by atoms with Crippen molar-refractivity contribution in [2.24, 2.45) is 0 Å². The molecule has 10 aromatic rings. The first kappa shape index (κ1) is 31.9. The van der Waals surface area contributed by atoms with E-state index in [0.29, 0.717) is 0 Å². The molecule has 1 spiro atoms. The maximum atomic E-state index is 6.55. The van der Waals surface area contributed by atoms with Crippen LogP contribution < -0.4 is 4.90 Å². The van der Waals surface area contributed by atoms with Crippen molar-refractivity contribution < 1.29 is 4.42 Å². The third-order valence-corrected chi connectivity index (χ3v) is 12.3. The fourth-order valence-electron chi connectivity index (χ4n) is 9.97. The second kappa shape index (κ2) is 12.3. The van der Waals surface area contributed by atoms with Crippen molar-refractivity contribution in [3.63, 3.8) is 0 Å². The first-order chi connectivity index (χ1) is 28.3. The second-order valence-electron chi connectivity index (χ2n) is 15.2. The number of para-hydroxylation sites is 3. The molecule has 266 valence electrons. The van der Waals surface area contributed by atoms with Gasteiger partial charge in [0.25, 0.3) is 0 Å². The van der Waals surface area contributed by atoms with Crippen LogP contribution in [0.1, 0.15) is 22.3 Å². The molecule has 0 bridgehead atoms. The van der Waals surface area contributed by atoms with E-state index in [0.717, 1.165) is 39.0 Å². The zero-order valence-corrected chi connectivity index (χ0v) is 31.1. The topological polar surface area (TPSA) is 16.4 Å². The molecule has 1 atom stereocenters. The van der Waals surface area contributed by atoms with Gasteiger partial charge in [0, 0.05) is 27.7 Å². The summed E-state index contributed by atoms with van der Waals surface area (Å²) in [4.78, 5) is 2.42. The summed E-state index contributed by atoms with van der Waals surface area (Å²) >= 11 is 0. The smallest absolute Gasteiger partial charge is 0.136 e. The summed E-state index contributed by atoms with van der Waals surface area (Å²) in [5.41, 5.74) is 19.4. The Morgan fingerprint density at radius 1 is 0.316 bits per heavy atom. The van der Waals surface area contributed by atoms with Gasteiger partial charge in [-0.25, -0.2) is 0 Å². The van der Waals surface area contributed by atoms with Gasteiger partial charge in [-0.2, -0.15) is 0 Å². The van der Waals surface area contributed by atoms with E-state index >= 15 is 0 Å². The number of anilines is 3. The van der Waals surface area contributed by atoms with Gasteiger partial charge in [0.2, 0.25) is 0 Å².